The van der Waals surface area contributed by atoms with Crippen molar-refractivity contribution in [1.82, 2.24) is 0 Å². The number of hydrogen-bond acceptors (Lipinski definition) is 0. The highest BCUT2D eigenvalue weighted by atomic mass is 14.5. The van der Waals surface area contributed by atoms with Gasteiger partial charge in [-0.2, -0.15) is 0 Å². The zero-order chi connectivity index (χ0) is 40.3. The summed E-state index contributed by atoms with van der Waals surface area (Å²) in [7, 11) is 0. The van der Waals surface area contributed by atoms with Crippen molar-refractivity contribution in [3.05, 3.63) is 251 Å². The minimum atomic E-state index is -0.259. The fraction of sp³-hybridized carbons (Fsp3) is 0.119. The largest absolute Gasteiger partial charge is 0.0731 e. The van der Waals surface area contributed by atoms with E-state index in [1.165, 1.54) is 101 Å². The fourth-order valence-electron chi connectivity index (χ4n) is 9.28. The van der Waals surface area contributed by atoms with Crippen LogP contribution in [0.4, 0.5) is 0 Å². The first-order chi connectivity index (χ1) is 29.0. The van der Waals surface area contributed by atoms with E-state index in [4.69, 9.17) is 0 Å². The van der Waals surface area contributed by atoms with Crippen molar-refractivity contribution in [2.24, 2.45) is 0 Å². The van der Waals surface area contributed by atoms with Crippen molar-refractivity contribution >= 4 is 10.8 Å². The summed E-state index contributed by atoms with van der Waals surface area (Å²) in [4.78, 5) is 0. The molecule has 0 N–H and O–H groups in total. The number of hydrogen-bond donors (Lipinski definition) is 0. The zero-order valence-corrected chi connectivity index (χ0v) is 34.5. The zero-order valence-electron chi connectivity index (χ0n) is 34.5. The van der Waals surface area contributed by atoms with Crippen LogP contribution in [-0.2, 0) is 5.41 Å². The molecule has 0 amide bonds. The summed E-state index contributed by atoms with van der Waals surface area (Å²) in [6, 6.07) is 77.0. The highest BCUT2D eigenvalue weighted by Gasteiger charge is 2.52. The van der Waals surface area contributed by atoms with Gasteiger partial charge in [-0.15, -0.1) is 0 Å². The van der Waals surface area contributed by atoms with E-state index in [0.29, 0.717) is 5.92 Å². The molecule has 0 heterocycles. The van der Waals surface area contributed by atoms with Crippen LogP contribution < -0.4 is 0 Å². The van der Waals surface area contributed by atoms with Gasteiger partial charge in [-0.05, 0) is 109 Å². The first-order valence-electron chi connectivity index (χ1n) is 21.1. The summed E-state index contributed by atoms with van der Waals surface area (Å²) in [5.74, 6) is 0.657. The average Bonchev–Trinajstić information content (AvgIpc) is 3.77. The second-order valence-electron chi connectivity index (χ2n) is 16.1. The van der Waals surface area contributed by atoms with Crippen molar-refractivity contribution in [3.63, 3.8) is 0 Å². The molecule has 0 aromatic heterocycles. The maximum absolute atomic E-state index is 2.42. The van der Waals surface area contributed by atoms with Crippen molar-refractivity contribution in [2.45, 2.75) is 45.4 Å². The molecule has 0 radical (unpaired) electrons. The highest BCUT2D eigenvalue weighted by molar-refractivity contribution is 6.03. The van der Waals surface area contributed by atoms with Crippen LogP contribution in [0.3, 0.4) is 0 Å². The summed E-state index contributed by atoms with van der Waals surface area (Å²) in [6.45, 7) is 8.82. The molecule has 0 fully saturated rings. The molecule has 1 unspecified atom stereocenters. The first kappa shape index (κ1) is 37.8. The number of fused-ring (bicyclic) bond motifs is 12. The van der Waals surface area contributed by atoms with Crippen LogP contribution in [0.5, 0.6) is 0 Å². The lowest BCUT2D eigenvalue weighted by Crippen LogP contribution is -2.26. The average molecular weight is 759 g/mol. The Balaban J connectivity index is 0.000000130. The summed E-state index contributed by atoms with van der Waals surface area (Å²) in [5, 5.41) is 2.66. The van der Waals surface area contributed by atoms with Crippen molar-refractivity contribution in [3.8, 4) is 44.5 Å². The van der Waals surface area contributed by atoms with Gasteiger partial charge in [0.1, 0.15) is 0 Å². The fourth-order valence-corrected chi connectivity index (χ4v) is 9.28. The lowest BCUT2D eigenvalue weighted by atomic mass is 9.69. The predicted molar refractivity (Wildman–Crippen MR) is 252 cm³/mol. The Labute approximate surface area is 350 Å². The summed E-state index contributed by atoms with van der Waals surface area (Å²) >= 11 is 0. The van der Waals surface area contributed by atoms with Gasteiger partial charge in [0.2, 0.25) is 0 Å². The molecule has 11 rings (SSSR count). The Morgan fingerprint density at radius 3 is 1.44 bits per heavy atom. The molecule has 0 heteroatoms. The summed E-state index contributed by atoms with van der Waals surface area (Å²) < 4.78 is 0. The van der Waals surface area contributed by atoms with E-state index in [2.05, 4.69) is 234 Å². The third-order valence-corrected chi connectivity index (χ3v) is 12.5. The van der Waals surface area contributed by atoms with E-state index in [1.54, 1.807) is 0 Å². The normalized spacial score (nSPS) is 12.9. The first-order valence-corrected chi connectivity index (χ1v) is 21.1. The van der Waals surface area contributed by atoms with Crippen molar-refractivity contribution in [1.29, 1.82) is 0 Å². The Bertz CT molecular complexity index is 2820. The second kappa shape index (κ2) is 16.2. The Kier molecular flexibility index (Phi) is 10.4. The van der Waals surface area contributed by atoms with E-state index >= 15 is 0 Å². The van der Waals surface area contributed by atoms with E-state index in [-0.39, 0.29) is 5.41 Å². The quantitative estimate of drug-likeness (QED) is 0.168. The minimum absolute atomic E-state index is 0.259. The van der Waals surface area contributed by atoms with Crippen LogP contribution >= 0.6 is 0 Å². The third-order valence-electron chi connectivity index (χ3n) is 12.5. The Morgan fingerprint density at radius 1 is 0.390 bits per heavy atom. The van der Waals surface area contributed by atoms with Gasteiger partial charge in [0, 0.05) is 0 Å². The van der Waals surface area contributed by atoms with Gasteiger partial charge >= 0.3 is 0 Å². The van der Waals surface area contributed by atoms with E-state index in [9.17, 15) is 0 Å². The van der Waals surface area contributed by atoms with Gasteiger partial charge in [-0.25, -0.2) is 0 Å². The maximum atomic E-state index is 2.42. The summed E-state index contributed by atoms with van der Waals surface area (Å²) in [6.07, 6.45) is 1.20. The highest BCUT2D eigenvalue weighted by Crippen LogP contribution is 2.64. The molecule has 286 valence electrons. The monoisotopic (exact) mass is 758 g/mol. The molecule has 0 bridgehead atoms. The van der Waals surface area contributed by atoms with Crippen LogP contribution in [0.1, 0.15) is 65.1 Å². The number of benzene rings is 9. The number of aryl methyl sites for hydroxylation is 2. The molecule has 0 saturated carbocycles. The van der Waals surface area contributed by atoms with Gasteiger partial charge in [0.05, 0.1) is 5.41 Å². The molecule has 2 aliphatic carbocycles. The minimum Gasteiger partial charge on any atom is -0.0648 e. The lowest BCUT2D eigenvalue weighted by molar-refractivity contribution is 0.734. The maximum Gasteiger partial charge on any atom is 0.0731 e. The Morgan fingerprint density at radius 2 is 0.847 bits per heavy atom. The second-order valence-corrected chi connectivity index (χ2v) is 16.1. The predicted octanol–water partition coefficient (Wildman–Crippen LogP) is 16.0. The van der Waals surface area contributed by atoms with Crippen LogP contribution in [0, 0.1) is 13.8 Å². The van der Waals surface area contributed by atoms with Gasteiger partial charge < -0.3 is 0 Å². The van der Waals surface area contributed by atoms with Crippen LogP contribution in [-0.4, -0.2) is 0 Å². The van der Waals surface area contributed by atoms with Crippen molar-refractivity contribution < 1.29 is 0 Å². The van der Waals surface area contributed by atoms with E-state index in [1.807, 2.05) is 6.07 Å². The third kappa shape index (κ3) is 6.89. The molecule has 0 nitrogen and oxygen atoms in total. The number of rotatable bonds is 4. The Hall–Kier alpha value is -6.76. The molecule has 1 spiro atoms. The van der Waals surface area contributed by atoms with Gasteiger partial charge in [0.25, 0.3) is 0 Å². The molecule has 2 aliphatic rings. The molecule has 0 saturated heterocycles. The van der Waals surface area contributed by atoms with Crippen LogP contribution in [0.25, 0.3) is 55.3 Å². The molecule has 1 atom stereocenters. The van der Waals surface area contributed by atoms with Crippen LogP contribution in [0.2, 0.25) is 0 Å². The molecular weight excluding hydrogens is 709 g/mol. The van der Waals surface area contributed by atoms with Gasteiger partial charge in [0.15, 0.2) is 0 Å². The standard InChI is InChI=1S/C30H20.C16H18.C13H12/c1-19-14-16-24-25-17-15-20-8-2-3-9-21(20)29(25)30(28(24)18-19)26-12-6-4-10-22(26)23-11-5-7-13-27(23)30;1-3-13(2)14-9-11-16(12-10-14)15-7-5-4-6-8-15;1-11-7-9-13(10-8-11)12-5-3-2-4-6-12/h2-18H,1H3;4-13H,3H2,1-2H3;2-10H,1H3. The molecule has 9 aromatic carbocycles. The lowest BCUT2D eigenvalue weighted by Gasteiger charge is -2.31. The topological polar surface area (TPSA) is 0 Å². The smallest absolute Gasteiger partial charge is 0.0648 e. The van der Waals surface area contributed by atoms with Gasteiger partial charge in [-0.1, -0.05) is 237 Å². The van der Waals surface area contributed by atoms with Crippen molar-refractivity contribution in [2.75, 3.05) is 0 Å². The molecule has 9 aromatic rings. The SMILES string of the molecule is CCC(C)c1ccc(-c2ccccc2)cc1.Cc1ccc(-c2ccccc2)cc1.Cc1ccc2c(c1)C1(c3ccccc3-c3ccccc31)c1c-2ccc2ccccc12. The molecule has 0 aliphatic heterocycles. The summed E-state index contributed by atoms with van der Waals surface area (Å²) in [5.41, 5.74) is 20.1. The molecular formula is C59H50. The van der Waals surface area contributed by atoms with Gasteiger partial charge in [-0.3, -0.25) is 0 Å². The van der Waals surface area contributed by atoms with E-state index in [0.717, 1.165) is 0 Å². The van der Waals surface area contributed by atoms with E-state index < -0.39 is 0 Å². The molecule has 59 heavy (non-hydrogen) atoms. The van der Waals surface area contributed by atoms with Crippen LogP contribution in [0.15, 0.2) is 212 Å².